The predicted octanol–water partition coefficient (Wildman–Crippen LogP) is 0.688. The van der Waals surface area contributed by atoms with E-state index in [1.165, 1.54) is 48.5 Å². The van der Waals surface area contributed by atoms with Crippen molar-refractivity contribution in [1.29, 1.82) is 0 Å². The molecule has 18 heteroatoms. The van der Waals surface area contributed by atoms with Crippen molar-refractivity contribution >= 4 is 35.8 Å². The average Bonchev–Trinajstić information content (AvgIpc) is 3.14. The largest absolute Gasteiger partial charge is 0.478 e. The first kappa shape index (κ1) is 42.9. The van der Waals surface area contributed by atoms with E-state index >= 15 is 0 Å². The molecule has 0 atom stereocenters. The van der Waals surface area contributed by atoms with Gasteiger partial charge in [0.05, 0.1) is 64.0 Å². The number of ether oxygens (including phenoxy) is 4. The highest BCUT2D eigenvalue weighted by atomic mass is 16.5. The second-order valence-corrected chi connectivity index (χ2v) is 10.8. The van der Waals surface area contributed by atoms with Crippen LogP contribution in [0, 0.1) is 0 Å². The van der Waals surface area contributed by atoms with Crippen LogP contribution in [0.15, 0.2) is 48.5 Å². The minimum absolute atomic E-state index is 0.105. The maximum atomic E-state index is 12.0. The van der Waals surface area contributed by atoms with Crippen LogP contribution < -0.4 is 31.9 Å². The number of carboxylic acids is 2. The first-order valence-electron chi connectivity index (χ1n) is 16.7. The lowest BCUT2D eigenvalue weighted by Crippen LogP contribution is -2.39. The quantitative estimate of drug-likeness (QED) is 0.0591. The monoisotopic (exact) mass is 732 g/mol. The zero-order valence-corrected chi connectivity index (χ0v) is 28.9. The minimum atomic E-state index is -1.06. The Morgan fingerprint density at radius 1 is 0.385 bits per heavy atom. The average molecular weight is 733 g/mol. The van der Waals surface area contributed by atoms with Gasteiger partial charge in [-0.25, -0.2) is 19.2 Å². The maximum absolute atomic E-state index is 12.0. The molecule has 0 saturated heterocycles. The number of amides is 6. The summed E-state index contributed by atoms with van der Waals surface area (Å²) in [6.45, 7) is 4.51. The third-order valence-corrected chi connectivity index (χ3v) is 6.83. The first-order valence-corrected chi connectivity index (χ1v) is 16.7. The normalized spacial score (nSPS) is 10.5. The van der Waals surface area contributed by atoms with Crippen LogP contribution in [0.1, 0.15) is 54.3 Å². The van der Waals surface area contributed by atoms with Crippen molar-refractivity contribution in [3.05, 3.63) is 70.8 Å². The van der Waals surface area contributed by atoms with Crippen molar-refractivity contribution in [2.75, 3.05) is 92.1 Å². The lowest BCUT2D eigenvalue weighted by Gasteiger charge is -2.10. The van der Waals surface area contributed by atoms with Crippen molar-refractivity contribution < 1.29 is 57.9 Å². The molecule has 6 amide bonds. The predicted molar refractivity (Wildman–Crippen MR) is 187 cm³/mol. The number of urea groups is 2. The Kier molecular flexibility index (Phi) is 21.8. The zero-order valence-electron chi connectivity index (χ0n) is 28.9. The van der Waals surface area contributed by atoms with E-state index in [-0.39, 0.29) is 61.3 Å². The molecule has 0 aliphatic rings. The molecule has 0 radical (unpaired) electrons. The van der Waals surface area contributed by atoms with E-state index in [1.54, 1.807) is 0 Å². The molecular weight excluding hydrogens is 684 g/mol. The van der Waals surface area contributed by atoms with Gasteiger partial charge in [-0.2, -0.15) is 0 Å². The Balaban J connectivity index is 1.29. The molecule has 8 N–H and O–H groups in total. The molecule has 0 aromatic heterocycles. The lowest BCUT2D eigenvalue weighted by molar-refractivity contribution is 0.0497. The summed E-state index contributed by atoms with van der Waals surface area (Å²) < 4.78 is 21.6. The summed E-state index contributed by atoms with van der Waals surface area (Å²) >= 11 is 0. The van der Waals surface area contributed by atoms with Crippen LogP contribution in [0.4, 0.5) is 9.59 Å². The summed E-state index contributed by atoms with van der Waals surface area (Å²) in [5.41, 5.74) is 0.920. The minimum Gasteiger partial charge on any atom is -0.478 e. The van der Waals surface area contributed by atoms with Gasteiger partial charge in [-0.05, 0) is 61.4 Å². The van der Waals surface area contributed by atoms with E-state index in [1.807, 2.05) is 0 Å². The van der Waals surface area contributed by atoms with Crippen LogP contribution in [0.2, 0.25) is 0 Å². The molecule has 2 aromatic carbocycles. The van der Waals surface area contributed by atoms with Gasteiger partial charge in [0.25, 0.3) is 11.8 Å². The maximum Gasteiger partial charge on any atom is 0.335 e. The van der Waals surface area contributed by atoms with Gasteiger partial charge >= 0.3 is 24.0 Å². The highest BCUT2D eigenvalue weighted by Gasteiger charge is 2.09. The number of carboxylic acid groups (broad SMARTS) is 2. The summed E-state index contributed by atoms with van der Waals surface area (Å²) in [5.74, 6) is -2.77. The van der Waals surface area contributed by atoms with Crippen LogP contribution >= 0.6 is 0 Å². The molecule has 0 fully saturated rings. The molecule has 2 aromatic rings. The van der Waals surface area contributed by atoms with E-state index in [4.69, 9.17) is 29.2 Å². The van der Waals surface area contributed by atoms with Crippen molar-refractivity contribution in [3.8, 4) is 0 Å². The smallest absolute Gasteiger partial charge is 0.335 e. The fraction of sp³-hybridized carbons (Fsp3) is 0.471. The van der Waals surface area contributed by atoms with Crippen LogP contribution in [-0.2, 0) is 18.9 Å². The number of rotatable bonds is 27. The number of carbonyl (C=O) groups is 6. The van der Waals surface area contributed by atoms with Gasteiger partial charge in [0.1, 0.15) is 0 Å². The van der Waals surface area contributed by atoms with Crippen molar-refractivity contribution in [1.82, 2.24) is 31.9 Å². The second kappa shape index (κ2) is 26.5. The Hall–Kier alpha value is -5.30. The van der Waals surface area contributed by atoms with Gasteiger partial charge in [-0.15, -0.1) is 0 Å². The SMILES string of the molecule is O=C(NCCCCNC(=O)NCCOCCOCCNC(=O)c1ccc(C(=O)O)cc1)NCCOCCOCCNC(=O)c1ccc(C(=O)O)cc1. The molecule has 18 nitrogen and oxygen atoms in total. The Bertz CT molecular complexity index is 1290. The van der Waals surface area contributed by atoms with Gasteiger partial charge in [-0.3, -0.25) is 9.59 Å². The lowest BCUT2D eigenvalue weighted by atomic mass is 10.1. The standard InChI is InChI=1S/C34H48N6O12/c41-29(25-3-7-27(8-4-25)31(43)44)35-13-17-49-21-23-51-19-15-39-33(47)37-11-1-2-12-38-34(48)40-16-20-52-24-22-50-18-14-36-30(42)26-5-9-28(10-6-26)32(45)46/h3-10H,1-2,11-24H2,(H,35,41)(H,36,42)(H,43,44)(H,45,46)(H2,37,39,47)(H2,38,40,48). The van der Waals surface area contributed by atoms with Crippen LogP contribution in [-0.4, -0.2) is 138 Å². The van der Waals surface area contributed by atoms with E-state index in [2.05, 4.69) is 31.9 Å². The molecule has 52 heavy (non-hydrogen) atoms. The molecule has 0 unspecified atom stereocenters. The highest BCUT2D eigenvalue weighted by molar-refractivity contribution is 5.96. The van der Waals surface area contributed by atoms with Crippen molar-refractivity contribution in [2.24, 2.45) is 0 Å². The fourth-order valence-electron chi connectivity index (χ4n) is 4.10. The summed E-state index contributed by atoms with van der Waals surface area (Å²) in [5, 5.41) is 34.0. The number of unbranched alkanes of at least 4 members (excludes halogenated alkanes) is 1. The van der Waals surface area contributed by atoms with Gasteiger partial charge < -0.3 is 61.1 Å². The summed E-state index contributed by atoms with van der Waals surface area (Å²) in [7, 11) is 0. The van der Waals surface area contributed by atoms with Crippen LogP contribution in [0.3, 0.4) is 0 Å². The molecule has 0 aliphatic carbocycles. The number of benzene rings is 2. The third-order valence-electron chi connectivity index (χ3n) is 6.83. The van der Waals surface area contributed by atoms with E-state index in [9.17, 15) is 28.8 Å². The Labute approximate surface area is 301 Å². The van der Waals surface area contributed by atoms with Gasteiger partial charge in [-0.1, -0.05) is 0 Å². The fourth-order valence-corrected chi connectivity index (χ4v) is 4.10. The molecule has 286 valence electrons. The van der Waals surface area contributed by atoms with Gasteiger partial charge in [0.15, 0.2) is 0 Å². The number of hydrogen-bond acceptors (Lipinski definition) is 10. The molecule has 2 rings (SSSR count). The second-order valence-electron chi connectivity index (χ2n) is 10.8. The molecule has 0 aliphatic heterocycles. The Morgan fingerprint density at radius 2 is 0.654 bits per heavy atom. The molecular formula is C34H48N6O12. The van der Waals surface area contributed by atoms with Crippen LogP contribution in [0.25, 0.3) is 0 Å². The van der Waals surface area contributed by atoms with Gasteiger partial charge in [0, 0.05) is 50.4 Å². The number of carbonyl (C=O) groups excluding carboxylic acids is 4. The number of nitrogens with one attached hydrogen (secondary N) is 6. The topological polar surface area (TPSA) is 252 Å². The molecule has 0 bridgehead atoms. The van der Waals surface area contributed by atoms with Gasteiger partial charge in [0.2, 0.25) is 0 Å². The summed E-state index contributed by atoms with van der Waals surface area (Å²) in [4.78, 5) is 69.5. The molecule has 0 heterocycles. The number of aromatic carboxylic acids is 2. The Morgan fingerprint density at radius 3 is 0.962 bits per heavy atom. The van der Waals surface area contributed by atoms with Crippen molar-refractivity contribution in [3.63, 3.8) is 0 Å². The first-order chi connectivity index (χ1) is 25.2. The van der Waals surface area contributed by atoms with Crippen LogP contribution in [0.5, 0.6) is 0 Å². The highest BCUT2D eigenvalue weighted by Crippen LogP contribution is 2.05. The zero-order chi connectivity index (χ0) is 37.8. The molecule has 0 spiro atoms. The van der Waals surface area contributed by atoms with E-state index in [0.717, 1.165) is 0 Å². The van der Waals surface area contributed by atoms with E-state index < -0.39 is 11.9 Å². The summed E-state index contributed by atoms with van der Waals surface area (Å²) in [6.07, 6.45) is 1.34. The van der Waals surface area contributed by atoms with E-state index in [0.29, 0.717) is 89.8 Å². The van der Waals surface area contributed by atoms with Crippen molar-refractivity contribution in [2.45, 2.75) is 12.8 Å². The summed E-state index contributed by atoms with van der Waals surface area (Å²) in [6, 6.07) is 10.6. The molecule has 0 saturated carbocycles. The number of hydrogen-bond donors (Lipinski definition) is 8. The third kappa shape index (κ3) is 19.8.